The minimum Gasteiger partial charge on any atom is -0.495 e. The van der Waals surface area contributed by atoms with Gasteiger partial charge >= 0.3 is 6.18 Å². The molecule has 0 amide bonds. The van der Waals surface area contributed by atoms with Gasteiger partial charge in [0.15, 0.2) is 0 Å². The van der Waals surface area contributed by atoms with Gasteiger partial charge in [-0.1, -0.05) is 64.8 Å². The Morgan fingerprint density at radius 2 is 1.79 bits per heavy atom. The first-order valence-electron chi connectivity index (χ1n) is 15.6. The molecule has 1 saturated heterocycles. The summed E-state index contributed by atoms with van der Waals surface area (Å²) in [6.45, 7) is 14.2. The number of nitrogens with one attached hydrogen (secondary N) is 2. The molecule has 238 valence electrons. The quantitative estimate of drug-likeness (QED) is 0.320. The van der Waals surface area contributed by atoms with Crippen molar-refractivity contribution in [3.8, 4) is 11.8 Å². The third-order valence-electron chi connectivity index (χ3n) is 7.55. The fourth-order valence-electron chi connectivity index (χ4n) is 5.15. The number of halogens is 3. The second-order valence-electron chi connectivity index (χ2n) is 10.6. The summed E-state index contributed by atoms with van der Waals surface area (Å²) in [7, 11) is 3.75. The highest BCUT2D eigenvalue weighted by molar-refractivity contribution is 5.86. The van der Waals surface area contributed by atoms with Crippen molar-refractivity contribution < 1.29 is 17.9 Å². The van der Waals surface area contributed by atoms with Crippen LogP contribution >= 0.6 is 0 Å². The predicted octanol–water partition coefficient (Wildman–Crippen LogP) is 7.70. The van der Waals surface area contributed by atoms with Crippen LogP contribution in [0.15, 0.2) is 54.0 Å². The molecule has 4 rings (SSSR count). The number of nitrogens with zero attached hydrogens (tertiary/aromatic N) is 2. The maximum atomic E-state index is 13.5. The van der Waals surface area contributed by atoms with Crippen LogP contribution in [0.2, 0.25) is 0 Å². The molecule has 2 aromatic rings. The number of rotatable bonds is 7. The maximum Gasteiger partial charge on any atom is 0.406 e. The first-order valence-corrected chi connectivity index (χ1v) is 15.6. The summed E-state index contributed by atoms with van der Waals surface area (Å²) in [5.74, 6) is 7.12. The van der Waals surface area contributed by atoms with Crippen LogP contribution < -0.4 is 10.6 Å². The van der Waals surface area contributed by atoms with E-state index in [0.717, 1.165) is 54.6 Å². The van der Waals surface area contributed by atoms with Crippen LogP contribution in [0, 0.1) is 24.7 Å². The van der Waals surface area contributed by atoms with E-state index in [0.29, 0.717) is 35.5 Å². The molecule has 1 aliphatic heterocycles. The first kappa shape index (κ1) is 36.0. The van der Waals surface area contributed by atoms with Crippen LogP contribution in [-0.4, -0.2) is 55.5 Å². The lowest BCUT2D eigenvalue weighted by Gasteiger charge is -2.29. The van der Waals surface area contributed by atoms with Crippen molar-refractivity contribution in [1.82, 2.24) is 20.1 Å². The molecular weight excluding hydrogens is 549 g/mol. The molecule has 0 saturated carbocycles. The van der Waals surface area contributed by atoms with E-state index in [4.69, 9.17) is 4.74 Å². The lowest BCUT2D eigenvalue weighted by Crippen LogP contribution is -2.40. The number of fused-ring (bicyclic) bond motifs is 1. The van der Waals surface area contributed by atoms with Crippen molar-refractivity contribution >= 4 is 10.9 Å². The number of hydrogen-bond acceptors (Lipinski definition) is 4. The Labute approximate surface area is 257 Å². The lowest BCUT2D eigenvalue weighted by atomic mass is 10.0. The summed E-state index contributed by atoms with van der Waals surface area (Å²) < 4.78 is 47.4. The number of piperidine rings is 1. The van der Waals surface area contributed by atoms with Gasteiger partial charge in [-0.3, -0.25) is 0 Å². The van der Waals surface area contributed by atoms with Crippen molar-refractivity contribution in [2.45, 2.75) is 86.1 Å². The molecule has 8 heteroatoms. The number of ether oxygens (including phenoxy) is 1. The Bertz CT molecular complexity index is 1300. The molecule has 2 N–H and O–H groups in total. The van der Waals surface area contributed by atoms with E-state index in [9.17, 15) is 13.2 Å². The summed E-state index contributed by atoms with van der Waals surface area (Å²) in [4.78, 5) is 2.33. The molecule has 1 unspecified atom stereocenters. The van der Waals surface area contributed by atoms with Gasteiger partial charge in [0.05, 0.1) is 25.0 Å². The first-order chi connectivity index (χ1) is 20.6. The lowest BCUT2D eigenvalue weighted by molar-refractivity contribution is -0.140. The van der Waals surface area contributed by atoms with Gasteiger partial charge in [0.2, 0.25) is 0 Å². The number of alkyl halides is 3. The van der Waals surface area contributed by atoms with Gasteiger partial charge in [0.1, 0.15) is 12.3 Å². The summed E-state index contributed by atoms with van der Waals surface area (Å²) in [6, 6.07) is 6.00. The highest BCUT2D eigenvalue weighted by Crippen LogP contribution is 2.29. The molecule has 1 aromatic carbocycles. The fraction of sp³-hybridized carbons (Fsp3) is 0.543. The molecule has 1 atom stereocenters. The van der Waals surface area contributed by atoms with Crippen LogP contribution in [-0.2, 0) is 17.8 Å². The van der Waals surface area contributed by atoms with Gasteiger partial charge in [0.25, 0.3) is 0 Å². The Morgan fingerprint density at radius 1 is 1.09 bits per heavy atom. The average molecular weight is 601 g/mol. The molecular formula is C35H51F3N4O. The molecule has 43 heavy (non-hydrogen) atoms. The molecule has 0 radical (unpaired) electrons. The van der Waals surface area contributed by atoms with Crippen molar-refractivity contribution in [1.29, 1.82) is 0 Å². The second-order valence-corrected chi connectivity index (χ2v) is 10.6. The normalized spacial score (nSPS) is 20.8. The smallest absolute Gasteiger partial charge is 0.406 e. The monoisotopic (exact) mass is 600 g/mol. The van der Waals surface area contributed by atoms with Crippen LogP contribution in [0.25, 0.3) is 10.9 Å². The van der Waals surface area contributed by atoms with Gasteiger partial charge in [0, 0.05) is 23.5 Å². The van der Waals surface area contributed by atoms with Gasteiger partial charge in [-0.05, 0) is 87.5 Å². The number of methoxy groups -OCH3 is 1. The highest BCUT2D eigenvalue weighted by atomic mass is 19.4. The standard InChI is InChI=1S/C31H39F3N4O.2C2H6/c1-22-7-5-9-30(39-4)28(12-10-22)35-16-6-8-26-19-27-23(2)24(20-36-25-14-17-37(3)18-15-25)11-13-29(27)38(26)21-31(32,33)34;2*1-2/h5,7,9,11-13,19,22,25,35-36H,10,14-18,20-21H2,1-4H3;2*1-2H3/b7-5+,28-12+,30-9+;;. The Morgan fingerprint density at radius 3 is 2.44 bits per heavy atom. The molecule has 0 bridgehead atoms. The topological polar surface area (TPSA) is 41.5 Å². The van der Waals surface area contributed by atoms with E-state index in [1.165, 1.54) is 4.57 Å². The summed E-state index contributed by atoms with van der Waals surface area (Å²) in [5.41, 5.74) is 3.84. The fourth-order valence-corrected chi connectivity index (χ4v) is 5.15. The SMILES string of the molecule is CC.CC.COC1=C/C=C/C(C)C/C=C\1NCC#Cc1cc2c(C)c(CNC3CCN(C)CC3)ccc2n1CC(F)(F)F. The average Bonchev–Trinajstić information content (AvgIpc) is 3.33. The molecule has 1 aromatic heterocycles. The summed E-state index contributed by atoms with van der Waals surface area (Å²) >= 11 is 0. The number of benzene rings is 1. The van der Waals surface area contributed by atoms with E-state index < -0.39 is 12.7 Å². The highest BCUT2D eigenvalue weighted by Gasteiger charge is 2.30. The zero-order valence-electron chi connectivity index (χ0n) is 27.3. The Balaban J connectivity index is 0.00000155. The van der Waals surface area contributed by atoms with Crippen LogP contribution in [0.4, 0.5) is 13.2 Å². The van der Waals surface area contributed by atoms with E-state index >= 15 is 0 Å². The number of hydrogen-bond donors (Lipinski definition) is 2. The Kier molecular flexibility index (Phi) is 15.0. The number of allylic oxidation sites excluding steroid dienone is 4. The second kappa shape index (κ2) is 17.8. The predicted molar refractivity (Wildman–Crippen MR) is 174 cm³/mol. The summed E-state index contributed by atoms with van der Waals surface area (Å²) in [6.07, 6.45) is 6.74. The third kappa shape index (κ3) is 10.8. The minimum atomic E-state index is -4.35. The van der Waals surface area contributed by atoms with Crippen molar-refractivity contribution in [3.05, 3.63) is 70.8 Å². The molecule has 2 heterocycles. The zero-order valence-corrected chi connectivity index (χ0v) is 27.3. The van der Waals surface area contributed by atoms with Gasteiger partial charge in [-0.25, -0.2) is 0 Å². The third-order valence-corrected chi connectivity index (χ3v) is 7.55. The van der Waals surface area contributed by atoms with Crippen LogP contribution in [0.5, 0.6) is 0 Å². The van der Waals surface area contributed by atoms with Crippen LogP contribution in [0.3, 0.4) is 0 Å². The van der Waals surface area contributed by atoms with Crippen molar-refractivity contribution in [3.63, 3.8) is 0 Å². The van der Waals surface area contributed by atoms with E-state index in [1.54, 1.807) is 19.2 Å². The summed E-state index contributed by atoms with van der Waals surface area (Å²) in [5, 5.41) is 7.73. The molecule has 2 aliphatic rings. The Hall–Kier alpha value is -3.15. The number of aryl methyl sites for hydroxylation is 1. The van der Waals surface area contributed by atoms with E-state index in [1.807, 2.05) is 52.8 Å². The molecule has 0 spiro atoms. The van der Waals surface area contributed by atoms with E-state index in [2.05, 4.69) is 53.5 Å². The molecule has 5 nitrogen and oxygen atoms in total. The molecule has 1 fully saturated rings. The number of aromatic nitrogens is 1. The number of likely N-dealkylation sites (tertiary alicyclic amines) is 1. The molecule has 1 aliphatic carbocycles. The van der Waals surface area contributed by atoms with Crippen molar-refractivity contribution in [2.24, 2.45) is 5.92 Å². The minimum absolute atomic E-state index is 0.281. The van der Waals surface area contributed by atoms with Gasteiger partial charge in [-0.2, -0.15) is 13.2 Å². The maximum absolute atomic E-state index is 13.5. The van der Waals surface area contributed by atoms with E-state index in [-0.39, 0.29) is 6.54 Å². The van der Waals surface area contributed by atoms with Gasteiger partial charge in [-0.15, -0.1) is 0 Å². The van der Waals surface area contributed by atoms with Crippen LogP contribution in [0.1, 0.15) is 70.7 Å². The largest absolute Gasteiger partial charge is 0.495 e. The zero-order chi connectivity index (χ0) is 32.0. The van der Waals surface area contributed by atoms with Crippen molar-refractivity contribution in [2.75, 3.05) is 33.8 Å². The van der Waals surface area contributed by atoms with Gasteiger partial charge < -0.3 is 24.8 Å².